The van der Waals surface area contributed by atoms with Gasteiger partial charge in [0.1, 0.15) is 11.6 Å². The molecule has 4 rings (SSSR count). The Morgan fingerprint density at radius 2 is 1.28 bits per heavy atom. The first-order valence-electron chi connectivity index (χ1n) is 9.63. The predicted molar refractivity (Wildman–Crippen MR) is 118 cm³/mol. The molecular weight excluding hydrogens is 358 g/mol. The zero-order valence-corrected chi connectivity index (χ0v) is 16.3. The van der Waals surface area contributed by atoms with Gasteiger partial charge in [-0.3, -0.25) is 4.98 Å². The van der Waals surface area contributed by atoms with Crippen LogP contribution in [0.3, 0.4) is 0 Å². The molecule has 4 aromatic rings. The molecule has 0 fully saturated rings. The molecule has 0 spiro atoms. The molecule has 2 aromatic heterocycles. The monoisotopic (exact) mass is 381 g/mol. The van der Waals surface area contributed by atoms with E-state index in [0.29, 0.717) is 18.9 Å². The van der Waals surface area contributed by atoms with Gasteiger partial charge in [0.15, 0.2) is 5.82 Å². The van der Waals surface area contributed by atoms with Crippen molar-refractivity contribution in [2.75, 3.05) is 10.6 Å². The fourth-order valence-corrected chi connectivity index (χ4v) is 2.94. The number of aromatic nitrogens is 3. The van der Waals surface area contributed by atoms with Crippen LogP contribution >= 0.6 is 0 Å². The first kappa shape index (κ1) is 18.6. The summed E-state index contributed by atoms with van der Waals surface area (Å²) in [5.41, 5.74) is 4.60. The van der Waals surface area contributed by atoms with Crippen molar-refractivity contribution in [1.29, 1.82) is 0 Å². The maximum atomic E-state index is 4.72. The molecule has 144 valence electrons. The van der Waals surface area contributed by atoms with Gasteiger partial charge >= 0.3 is 0 Å². The van der Waals surface area contributed by atoms with Gasteiger partial charge in [0.25, 0.3) is 0 Å². The quantitative estimate of drug-likeness (QED) is 0.468. The largest absolute Gasteiger partial charge is 0.366 e. The molecule has 0 saturated carbocycles. The van der Waals surface area contributed by atoms with E-state index in [1.165, 1.54) is 11.1 Å². The zero-order valence-electron chi connectivity index (χ0n) is 16.3. The Balaban J connectivity index is 1.56. The normalized spacial score (nSPS) is 10.5. The van der Waals surface area contributed by atoms with E-state index in [4.69, 9.17) is 9.97 Å². The van der Waals surface area contributed by atoms with Gasteiger partial charge < -0.3 is 10.6 Å². The maximum absolute atomic E-state index is 4.72. The minimum atomic E-state index is 0.672. The number of nitrogens with zero attached hydrogens (tertiary/aromatic N) is 3. The first-order valence-corrected chi connectivity index (χ1v) is 9.63. The Kier molecular flexibility index (Phi) is 5.76. The number of pyridine rings is 1. The lowest BCUT2D eigenvalue weighted by atomic mass is 10.1. The Hall–Kier alpha value is -3.73. The van der Waals surface area contributed by atoms with Crippen LogP contribution < -0.4 is 10.6 Å². The SMILES string of the molecule is Cc1ccc(CNc2cc(NCc3ccncc3)nc(-c3ccccc3)n2)cc1. The van der Waals surface area contributed by atoms with Crippen LogP contribution in [-0.4, -0.2) is 15.0 Å². The molecule has 29 heavy (non-hydrogen) atoms. The number of anilines is 2. The summed E-state index contributed by atoms with van der Waals surface area (Å²) in [6.07, 6.45) is 3.59. The van der Waals surface area contributed by atoms with Crippen molar-refractivity contribution in [2.45, 2.75) is 20.0 Å². The Morgan fingerprint density at radius 1 is 0.690 bits per heavy atom. The van der Waals surface area contributed by atoms with Crippen molar-refractivity contribution in [3.05, 3.63) is 102 Å². The fourth-order valence-electron chi connectivity index (χ4n) is 2.94. The van der Waals surface area contributed by atoms with Gasteiger partial charge in [-0.15, -0.1) is 0 Å². The summed E-state index contributed by atoms with van der Waals surface area (Å²) >= 11 is 0. The van der Waals surface area contributed by atoms with E-state index in [1.807, 2.05) is 48.5 Å². The molecule has 2 aromatic carbocycles. The second-order valence-electron chi connectivity index (χ2n) is 6.88. The third kappa shape index (κ3) is 5.17. The molecule has 0 unspecified atom stereocenters. The van der Waals surface area contributed by atoms with E-state index in [9.17, 15) is 0 Å². The molecule has 2 N–H and O–H groups in total. The molecule has 0 aliphatic rings. The molecule has 5 nitrogen and oxygen atoms in total. The van der Waals surface area contributed by atoms with Gasteiger partial charge in [-0.1, -0.05) is 60.2 Å². The van der Waals surface area contributed by atoms with E-state index in [-0.39, 0.29) is 0 Å². The van der Waals surface area contributed by atoms with Crippen LogP contribution in [0.15, 0.2) is 85.2 Å². The van der Waals surface area contributed by atoms with Gasteiger partial charge in [-0.25, -0.2) is 9.97 Å². The van der Waals surface area contributed by atoms with E-state index < -0.39 is 0 Å². The van der Waals surface area contributed by atoms with Crippen molar-refractivity contribution in [2.24, 2.45) is 0 Å². The van der Waals surface area contributed by atoms with Gasteiger partial charge in [-0.2, -0.15) is 0 Å². The number of rotatable bonds is 7. The average Bonchev–Trinajstić information content (AvgIpc) is 2.78. The highest BCUT2D eigenvalue weighted by Crippen LogP contribution is 2.21. The molecule has 0 aliphatic carbocycles. The number of nitrogens with one attached hydrogen (secondary N) is 2. The maximum Gasteiger partial charge on any atom is 0.163 e. The Bertz CT molecular complexity index is 1050. The molecule has 5 heteroatoms. The highest BCUT2D eigenvalue weighted by molar-refractivity contribution is 5.61. The van der Waals surface area contributed by atoms with Crippen LogP contribution in [0.1, 0.15) is 16.7 Å². The van der Waals surface area contributed by atoms with Crippen LogP contribution in [0.4, 0.5) is 11.6 Å². The highest BCUT2D eigenvalue weighted by atomic mass is 15.1. The van der Waals surface area contributed by atoms with Gasteiger partial charge in [0.2, 0.25) is 0 Å². The van der Waals surface area contributed by atoms with E-state index >= 15 is 0 Å². The summed E-state index contributed by atoms with van der Waals surface area (Å²) in [7, 11) is 0. The summed E-state index contributed by atoms with van der Waals surface area (Å²) in [6.45, 7) is 3.47. The first-order chi connectivity index (χ1) is 14.3. The van der Waals surface area contributed by atoms with Crippen molar-refractivity contribution in [3.63, 3.8) is 0 Å². The standard InChI is InChI=1S/C24H23N5/c1-18-7-9-19(10-8-18)16-26-22-15-23(27-17-20-11-13-25-14-12-20)29-24(28-22)21-5-3-2-4-6-21/h2-15H,16-17H2,1H3,(H2,26,27,28,29). The van der Waals surface area contributed by atoms with Crippen LogP contribution in [-0.2, 0) is 13.1 Å². The molecule has 0 radical (unpaired) electrons. The summed E-state index contributed by atoms with van der Waals surface area (Å²) in [4.78, 5) is 13.5. The lowest BCUT2D eigenvalue weighted by Crippen LogP contribution is -2.07. The van der Waals surface area contributed by atoms with Crippen molar-refractivity contribution in [1.82, 2.24) is 15.0 Å². The molecule has 0 amide bonds. The number of benzene rings is 2. The predicted octanol–water partition coefficient (Wildman–Crippen LogP) is 5.07. The van der Waals surface area contributed by atoms with Gasteiger partial charge in [0.05, 0.1) is 0 Å². The molecule has 0 atom stereocenters. The molecule has 0 bridgehead atoms. The average molecular weight is 381 g/mol. The summed E-state index contributed by atoms with van der Waals surface area (Å²) in [5.74, 6) is 2.26. The van der Waals surface area contributed by atoms with E-state index in [2.05, 4.69) is 46.8 Å². The molecule has 0 aliphatic heterocycles. The third-order valence-electron chi connectivity index (χ3n) is 4.58. The second-order valence-corrected chi connectivity index (χ2v) is 6.88. The zero-order chi connectivity index (χ0) is 19.9. The van der Waals surface area contributed by atoms with E-state index in [0.717, 1.165) is 22.8 Å². The fraction of sp³-hybridized carbons (Fsp3) is 0.125. The summed E-state index contributed by atoms with van der Waals surface area (Å²) in [5, 5.41) is 6.83. The van der Waals surface area contributed by atoms with Crippen LogP contribution in [0.25, 0.3) is 11.4 Å². The van der Waals surface area contributed by atoms with Crippen LogP contribution in [0.5, 0.6) is 0 Å². The smallest absolute Gasteiger partial charge is 0.163 e. The van der Waals surface area contributed by atoms with Crippen molar-refractivity contribution >= 4 is 11.6 Å². The van der Waals surface area contributed by atoms with Gasteiger partial charge in [-0.05, 0) is 30.2 Å². The number of hydrogen-bond donors (Lipinski definition) is 2. The number of hydrogen-bond acceptors (Lipinski definition) is 5. The Labute approximate surface area is 170 Å². The lowest BCUT2D eigenvalue weighted by molar-refractivity contribution is 1.05. The highest BCUT2D eigenvalue weighted by Gasteiger charge is 2.07. The van der Waals surface area contributed by atoms with Crippen LogP contribution in [0.2, 0.25) is 0 Å². The summed E-state index contributed by atoms with van der Waals surface area (Å²) < 4.78 is 0. The minimum Gasteiger partial charge on any atom is -0.366 e. The summed E-state index contributed by atoms with van der Waals surface area (Å²) in [6, 6.07) is 24.4. The number of aryl methyl sites for hydroxylation is 1. The lowest BCUT2D eigenvalue weighted by Gasteiger charge is -2.12. The molecule has 0 saturated heterocycles. The van der Waals surface area contributed by atoms with Crippen molar-refractivity contribution in [3.8, 4) is 11.4 Å². The van der Waals surface area contributed by atoms with Crippen LogP contribution in [0, 0.1) is 6.92 Å². The molecule has 2 heterocycles. The van der Waals surface area contributed by atoms with Gasteiger partial charge in [0, 0.05) is 37.1 Å². The van der Waals surface area contributed by atoms with Crippen molar-refractivity contribution < 1.29 is 0 Å². The third-order valence-corrected chi connectivity index (χ3v) is 4.58. The molecular formula is C24H23N5. The Morgan fingerprint density at radius 3 is 1.90 bits per heavy atom. The topological polar surface area (TPSA) is 62.7 Å². The van der Waals surface area contributed by atoms with E-state index in [1.54, 1.807) is 12.4 Å². The second kappa shape index (κ2) is 8.97. The minimum absolute atomic E-state index is 0.672.